The average Bonchev–Trinajstić information content (AvgIpc) is 3.31. The second-order valence-corrected chi connectivity index (χ2v) is 10.5. The maximum absolute atomic E-state index is 12.1. The number of fused-ring (bicyclic) bond motifs is 2. The largest absolute Gasteiger partial charge is 0.870 e. The predicted octanol–water partition coefficient (Wildman–Crippen LogP) is 4.78. The van der Waals surface area contributed by atoms with Crippen molar-refractivity contribution >= 4 is 27.4 Å². The van der Waals surface area contributed by atoms with Crippen LogP contribution in [0.25, 0.3) is 38.7 Å². The summed E-state index contributed by atoms with van der Waals surface area (Å²) in [6.07, 6.45) is 8.23. The molecule has 2 aromatic heterocycles. The van der Waals surface area contributed by atoms with Crippen LogP contribution in [0.3, 0.4) is 0 Å². The third-order valence-electron chi connectivity index (χ3n) is 7.22. The molecular weight excluding hydrogens is 470 g/mol. The third kappa shape index (κ3) is 4.33. The number of aromatic nitrogens is 3. The van der Waals surface area contributed by atoms with Crippen LogP contribution in [0.15, 0.2) is 84.1 Å². The molecule has 5 aromatic rings. The molecule has 0 saturated carbocycles. The van der Waals surface area contributed by atoms with Crippen LogP contribution in [0.2, 0.25) is 0 Å². The molecule has 1 fully saturated rings. The molecule has 0 amide bonds. The minimum Gasteiger partial charge on any atom is -0.870 e. The fourth-order valence-electron chi connectivity index (χ4n) is 5.21. The Morgan fingerprint density at radius 3 is 2.33 bits per heavy atom. The van der Waals surface area contributed by atoms with Crippen LogP contribution in [0.5, 0.6) is 0 Å². The second kappa shape index (κ2) is 9.91. The van der Waals surface area contributed by atoms with Crippen molar-refractivity contribution in [1.29, 1.82) is 0 Å². The molecule has 1 unspecified atom stereocenters. The highest BCUT2D eigenvalue weighted by Gasteiger charge is 2.19. The van der Waals surface area contributed by atoms with Gasteiger partial charge in [0.2, 0.25) is 0 Å². The van der Waals surface area contributed by atoms with Crippen molar-refractivity contribution in [3.8, 4) is 22.3 Å². The summed E-state index contributed by atoms with van der Waals surface area (Å²) in [5.74, 6) is 0.646. The second-order valence-electron chi connectivity index (χ2n) is 9.37. The lowest BCUT2D eigenvalue weighted by atomic mass is 9.89. The van der Waals surface area contributed by atoms with Crippen molar-refractivity contribution in [1.82, 2.24) is 19.5 Å². The van der Waals surface area contributed by atoms with Gasteiger partial charge in [-0.15, -0.1) is 5.14 Å². The maximum atomic E-state index is 12.1. The highest BCUT2D eigenvalue weighted by Crippen LogP contribution is 2.34. The Kier molecular flexibility index (Phi) is 6.68. The van der Waals surface area contributed by atoms with Gasteiger partial charge in [0.1, 0.15) is 0 Å². The van der Waals surface area contributed by atoms with Gasteiger partial charge < -0.3 is 10.4 Å². The van der Waals surface area contributed by atoms with E-state index in [9.17, 15) is 4.21 Å². The molecule has 0 bridgehead atoms. The van der Waals surface area contributed by atoms with E-state index in [2.05, 4.69) is 41.3 Å². The van der Waals surface area contributed by atoms with Gasteiger partial charge in [-0.05, 0) is 79.2 Å². The number of nitrogens with zero attached hydrogens (tertiary/aromatic N) is 4. The van der Waals surface area contributed by atoms with Gasteiger partial charge in [-0.1, -0.05) is 46.7 Å². The van der Waals surface area contributed by atoms with Gasteiger partial charge >= 0.3 is 0 Å². The van der Waals surface area contributed by atoms with E-state index in [-0.39, 0.29) is 5.48 Å². The Morgan fingerprint density at radius 1 is 0.889 bits per heavy atom. The summed E-state index contributed by atoms with van der Waals surface area (Å²) in [5, 5.41) is 12.2. The number of rotatable bonds is 4. The molecule has 1 aliphatic heterocycles. The van der Waals surface area contributed by atoms with E-state index in [0.29, 0.717) is 10.8 Å². The molecule has 0 aliphatic carbocycles. The summed E-state index contributed by atoms with van der Waals surface area (Å²) < 4.78 is 13.9. The molecule has 3 aromatic carbocycles. The Bertz CT molecular complexity index is 1560. The topological polar surface area (TPSA) is 107 Å². The van der Waals surface area contributed by atoms with Crippen LogP contribution in [0, 0.1) is 0 Å². The SMILES string of the molecule is CN1CCC(c2ccc(-c3cnc4c(-c5ccc([SH+](N)=O)c6ccccc56)cnn4c3)cc2)CC1.[OH-]. The van der Waals surface area contributed by atoms with E-state index in [4.69, 9.17) is 10.1 Å². The Morgan fingerprint density at radius 2 is 1.61 bits per heavy atom. The van der Waals surface area contributed by atoms with Crippen LogP contribution in [0.1, 0.15) is 24.3 Å². The normalized spacial score (nSPS) is 15.7. The zero-order valence-corrected chi connectivity index (χ0v) is 21.0. The van der Waals surface area contributed by atoms with E-state index in [0.717, 1.165) is 51.8 Å². The van der Waals surface area contributed by atoms with Gasteiger partial charge in [0, 0.05) is 28.9 Å². The maximum Gasteiger partial charge on any atom is 0.182 e. The smallest absolute Gasteiger partial charge is 0.182 e. The number of nitrogens with two attached hydrogens (primary N) is 1. The first kappa shape index (κ1) is 24.3. The quantitative estimate of drug-likeness (QED) is 0.283. The number of likely N-dealkylation sites (tertiary alicyclic amines) is 1. The van der Waals surface area contributed by atoms with E-state index >= 15 is 0 Å². The zero-order valence-electron chi connectivity index (χ0n) is 20.1. The molecule has 1 saturated heterocycles. The molecule has 36 heavy (non-hydrogen) atoms. The number of hydrogen-bond acceptors (Lipinski definition) is 5. The summed E-state index contributed by atoms with van der Waals surface area (Å²) in [7, 11) is 0.270. The van der Waals surface area contributed by atoms with Crippen LogP contribution >= 0.6 is 0 Å². The van der Waals surface area contributed by atoms with Crippen LogP contribution in [-0.2, 0) is 15.2 Å². The molecule has 8 heteroatoms. The molecular formula is C28H29N5O2S. The standard InChI is InChI=1S/C28H27N5OS.H2O/c1-32-14-12-21(13-15-32)19-6-8-20(9-7-19)22-16-30-28-26(17-31-33(28)18-22)24-10-11-27(35(29)34)25-5-3-2-4-23(24)25;/h2-11,16-18,21H,12-15H2,1H3,(H2,29,34);1H2. The zero-order chi connectivity index (χ0) is 23.9. The third-order valence-corrected chi connectivity index (χ3v) is 8.08. The van der Waals surface area contributed by atoms with Crippen LogP contribution < -0.4 is 5.14 Å². The minimum absolute atomic E-state index is 0. The highest BCUT2D eigenvalue weighted by atomic mass is 32.2. The molecule has 1 atom stereocenters. The lowest BCUT2D eigenvalue weighted by molar-refractivity contribution is 0.255. The molecule has 0 spiro atoms. The molecule has 6 rings (SSSR count). The fraction of sp³-hybridized carbons (Fsp3) is 0.214. The van der Waals surface area contributed by atoms with Crippen molar-refractivity contribution in [2.75, 3.05) is 20.1 Å². The van der Waals surface area contributed by atoms with Crippen LogP contribution in [0.4, 0.5) is 0 Å². The first-order valence-corrected chi connectivity index (χ1v) is 13.3. The highest BCUT2D eigenvalue weighted by molar-refractivity contribution is 7.82. The monoisotopic (exact) mass is 499 g/mol. The van der Waals surface area contributed by atoms with Gasteiger partial charge in [0.05, 0.1) is 6.20 Å². The van der Waals surface area contributed by atoms with Crippen LogP contribution in [-0.4, -0.2) is 45.1 Å². The summed E-state index contributed by atoms with van der Waals surface area (Å²) in [5.41, 5.74) is 6.30. The molecule has 0 radical (unpaired) electrons. The van der Waals surface area contributed by atoms with E-state index in [1.807, 2.05) is 59.5 Å². The fourth-order valence-corrected chi connectivity index (χ4v) is 5.87. The summed E-state index contributed by atoms with van der Waals surface area (Å²) in [4.78, 5) is 7.86. The molecule has 1 aliphatic rings. The molecule has 3 N–H and O–H groups in total. The average molecular weight is 500 g/mol. The lowest BCUT2D eigenvalue weighted by Gasteiger charge is -2.29. The molecule has 3 heterocycles. The van der Waals surface area contributed by atoms with Gasteiger partial charge in [-0.3, -0.25) is 0 Å². The minimum atomic E-state index is -1.93. The van der Waals surface area contributed by atoms with Crippen molar-refractivity contribution in [2.24, 2.45) is 5.14 Å². The number of hydrogen-bond donors (Lipinski definition) is 1. The Labute approximate surface area is 212 Å². The Balaban J connectivity index is 0.00000267. The molecule has 7 nitrogen and oxygen atoms in total. The van der Waals surface area contributed by atoms with Gasteiger partial charge in [0.25, 0.3) is 0 Å². The number of benzene rings is 3. The Hall–Kier alpha value is -3.43. The van der Waals surface area contributed by atoms with Crippen molar-refractivity contribution in [3.05, 3.63) is 84.8 Å². The number of piperidine rings is 1. The number of thiol groups is 1. The summed E-state index contributed by atoms with van der Waals surface area (Å²) in [6, 6.07) is 20.6. The van der Waals surface area contributed by atoms with Gasteiger partial charge in [-0.25, -0.2) is 9.50 Å². The first-order chi connectivity index (χ1) is 17.1. The van der Waals surface area contributed by atoms with Crippen molar-refractivity contribution in [2.45, 2.75) is 23.7 Å². The van der Waals surface area contributed by atoms with E-state index in [1.54, 1.807) is 0 Å². The van der Waals surface area contributed by atoms with Gasteiger partial charge in [0.15, 0.2) is 21.5 Å². The predicted molar refractivity (Wildman–Crippen MR) is 145 cm³/mol. The first-order valence-electron chi connectivity index (χ1n) is 11.9. The molecule has 184 valence electrons. The van der Waals surface area contributed by atoms with E-state index in [1.165, 1.54) is 18.4 Å². The van der Waals surface area contributed by atoms with E-state index < -0.39 is 11.0 Å². The lowest BCUT2D eigenvalue weighted by Crippen LogP contribution is -2.29. The van der Waals surface area contributed by atoms with Gasteiger partial charge in [-0.2, -0.15) is 5.10 Å². The summed E-state index contributed by atoms with van der Waals surface area (Å²) >= 11 is 0. The van der Waals surface area contributed by atoms with Crippen molar-refractivity contribution < 1.29 is 9.69 Å². The van der Waals surface area contributed by atoms with Crippen molar-refractivity contribution in [3.63, 3.8) is 0 Å². The summed E-state index contributed by atoms with van der Waals surface area (Å²) in [6.45, 7) is 2.33.